The van der Waals surface area contributed by atoms with Crippen LogP contribution < -0.4 is 16.2 Å². The predicted molar refractivity (Wildman–Crippen MR) is 170 cm³/mol. The summed E-state index contributed by atoms with van der Waals surface area (Å²) in [7, 11) is 0. The standard InChI is InChI=1S/C34H28ClN3O9/c1-19-5-3-7-23(17-19)33(44)46-27(28(32(42)43)47-34(45)24-8-4-6-20(2)18-24)31(41)38-37-30(40)22-11-15-26(16-12-22)36-29(39)21-9-13-25(35)14-10-21/h3-18,27-28H,1-2H3,(H,36,39)(H,37,40)(H,38,41)(H,42,43)/t27-,28+/m1/s1. The lowest BCUT2D eigenvalue weighted by atomic mass is 10.1. The summed E-state index contributed by atoms with van der Waals surface area (Å²) in [5.41, 5.74) is 6.30. The van der Waals surface area contributed by atoms with E-state index >= 15 is 0 Å². The maximum absolute atomic E-state index is 13.2. The number of aliphatic carboxylic acids is 1. The Morgan fingerprint density at radius 2 is 1.11 bits per heavy atom. The fourth-order valence-electron chi connectivity index (χ4n) is 4.18. The zero-order valence-electron chi connectivity index (χ0n) is 25.0. The number of esters is 2. The largest absolute Gasteiger partial charge is 0.478 e. The molecule has 0 aliphatic rings. The molecule has 0 unspecified atom stereocenters. The molecular weight excluding hydrogens is 630 g/mol. The van der Waals surface area contributed by atoms with Crippen LogP contribution in [0.3, 0.4) is 0 Å². The molecule has 0 saturated heterocycles. The SMILES string of the molecule is Cc1cccc(C(=O)O[C@H](C(=O)O)[C@@H](OC(=O)c2cccc(C)c2)C(=O)NNC(=O)c2ccc(NC(=O)c3ccc(Cl)cc3)cc2)c1. The third kappa shape index (κ3) is 9.25. The van der Waals surface area contributed by atoms with Gasteiger partial charge in [-0.25, -0.2) is 14.4 Å². The fourth-order valence-corrected chi connectivity index (χ4v) is 4.30. The first-order valence-electron chi connectivity index (χ1n) is 14.0. The van der Waals surface area contributed by atoms with Crippen molar-refractivity contribution in [3.05, 3.63) is 135 Å². The van der Waals surface area contributed by atoms with E-state index in [9.17, 15) is 33.9 Å². The zero-order valence-corrected chi connectivity index (χ0v) is 25.7. The highest BCUT2D eigenvalue weighted by Crippen LogP contribution is 2.16. The highest BCUT2D eigenvalue weighted by molar-refractivity contribution is 6.30. The lowest BCUT2D eigenvalue weighted by molar-refractivity contribution is -0.159. The van der Waals surface area contributed by atoms with Crippen LogP contribution in [0, 0.1) is 13.8 Å². The molecule has 13 heteroatoms. The van der Waals surface area contributed by atoms with Crippen LogP contribution >= 0.6 is 11.6 Å². The highest BCUT2D eigenvalue weighted by Gasteiger charge is 2.41. The Bertz CT molecular complexity index is 1830. The molecule has 0 aliphatic carbocycles. The summed E-state index contributed by atoms with van der Waals surface area (Å²) in [5.74, 6) is -6.48. The second-order valence-electron chi connectivity index (χ2n) is 10.2. The van der Waals surface area contributed by atoms with E-state index in [-0.39, 0.29) is 16.7 Å². The van der Waals surface area contributed by atoms with E-state index in [0.29, 0.717) is 27.4 Å². The van der Waals surface area contributed by atoms with Crippen molar-refractivity contribution in [2.75, 3.05) is 5.32 Å². The molecule has 4 N–H and O–H groups in total. The summed E-state index contributed by atoms with van der Waals surface area (Å²) < 4.78 is 10.4. The van der Waals surface area contributed by atoms with Gasteiger partial charge in [-0.05, 0) is 86.6 Å². The van der Waals surface area contributed by atoms with E-state index in [2.05, 4.69) is 10.7 Å². The number of carboxylic acid groups (broad SMARTS) is 1. The van der Waals surface area contributed by atoms with Crippen molar-refractivity contribution in [3.8, 4) is 0 Å². The number of carboxylic acids is 1. The minimum absolute atomic E-state index is 0.00141. The average Bonchev–Trinajstić information content (AvgIpc) is 3.05. The van der Waals surface area contributed by atoms with Crippen molar-refractivity contribution in [2.45, 2.75) is 26.1 Å². The monoisotopic (exact) mass is 657 g/mol. The number of carbonyl (C=O) groups is 6. The van der Waals surface area contributed by atoms with Gasteiger partial charge in [0.2, 0.25) is 12.2 Å². The van der Waals surface area contributed by atoms with Crippen molar-refractivity contribution in [3.63, 3.8) is 0 Å². The molecule has 47 heavy (non-hydrogen) atoms. The molecule has 4 aromatic rings. The highest BCUT2D eigenvalue weighted by atomic mass is 35.5. The van der Waals surface area contributed by atoms with Gasteiger partial charge in [-0.3, -0.25) is 25.2 Å². The number of rotatable bonds is 10. The van der Waals surface area contributed by atoms with Gasteiger partial charge in [-0.2, -0.15) is 0 Å². The number of halogens is 1. The number of hydrazine groups is 1. The van der Waals surface area contributed by atoms with Crippen LogP contribution in [0.4, 0.5) is 5.69 Å². The van der Waals surface area contributed by atoms with Gasteiger partial charge in [0.25, 0.3) is 17.7 Å². The van der Waals surface area contributed by atoms with Crippen LogP contribution in [0.15, 0.2) is 97.1 Å². The van der Waals surface area contributed by atoms with E-state index < -0.39 is 47.8 Å². The first-order valence-corrected chi connectivity index (χ1v) is 14.3. The molecule has 0 aromatic heterocycles. The fraction of sp³-hybridized carbons (Fsp3) is 0.118. The van der Waals surface area contributed by atoms with Crippen LogP contribution in [0.2, 0.25) is 5.02 Å². The average molecular weight is 658 g/mol. The molecule has 2 atom stereocenters. The maximum atomic E-state index is 13.2. The van der Waals surface area contributed by atoms with Crippen molar-refractivity contribution in [1.82, 2.24) is 10.9 Å². The van der Waals surface area contributed by atoms with Crippen LogP contribution in [0.25, 0.3) is 0 Å². The summed E-state index contributed by atoms with van der Waals surface area (Å²) >= 11 is 5.85. The Labute approximate surface area is 273 Å². The molecule has 0 radical (unpaired) electrons. The van der Waals surface area contributed by atoms with E-state index in [1.807, 2.05) is 5.43 Å². The molecule has 0 fully saturated rings. The lowest BCUT2D eigenvalue weighted by Gasteiger charge is -2.23. The normalized spacial score (nSPS) is 11.7. The van der Waals surface area contributed by atoms with Gasteiger partial charge < -0.3 is 19.9 Å². The van der Waals surface area contributed by atoms with Crippen molar-refractivity contribution >= 4 is 52.9 Å². The molecule has 0 heterocycles. The predicted octanol–water partition coefficient (Wildman–Crippen LogP) is 4.51. The second-order valence-corrected chi connectivity index (χ2v) is 10.6. The number of benzene rings is 4. The van der Waals surface area contributed by atoms with E-state index in [0.717, 1.165) is 0 Å². The van der Waals surface area contributed by atoms with E-state index in [4.69, 9.17) is 21.1 Å². The molecule has 4 rings (SSSR count). The number of aryl methyl sites for hydroxylation is 2. The Morgan fingerprint density at radius 3 is 1.62 bits per heavy atom. The van der Waals surface area contributed by atoms with Crippen LogP contribution in [-0.4, -0.2) is 52.9 Å². The zero-order chi connectivity index (χ0) is 34.1. The third-order valence-corrected chi connectivity index (χ3v) is 6.81. The summed E-state index contributed by atoms with van der Waals surface area (Å²) in [6.07, 6.45) is -4.52. The molecular formula is C34H28ClN3O9. The lowest BCUT2D eigenvalue weighted by Crippen LogP contribution is -2.54. The van der Waals surface area contributed by atoms with Crippen LogP contribution in [0.5, 0.6) is 0 Å². The minimum atomic E-state index is -2.29. The maximum Gasteiger partial charge on any atom is 0.349 e. The van der Waals surface area contributed by atoms with Gasteiger partial charge in [0.1, 0.15) is 0 Å². The number of ether oxygens (including phenoxy) is 2. The number of nitrogens with one attached hydrogen (secondary N) is 3. The topological polar surface area (TPSA) is 177 Å². The Hall–Kier alpha value is -6.01. The Morgan fingerprint density at radius 1 is 0.617 bits per heavy atom. The number of hydrogen-bond donors (Lipinski definition) is 4. The molecule has 240 valence electrons. The van der Waals surface area contributed by atoms with Gasteiger partial charge in [-0.1, -0.05) is 47.0 Å². The van der Waals surface area contributed by atoms with Crippen LogP contribution in [-0.2, 0) is 19.1 Å². The summed E-state index contributed by atoms with van der Waals surface area (Å²) in [6.45, 7) is 3.42. The van der Waals surface area contributed by atoms with Crippen molar-refractivity contribution < 1.29 is 43.3 Å². The number of amides is 3. The van der Waals surface area contributed by atoms with Gasteiger partial charge in [-0.15, -0.1) is 0 Å². The Balaban J connectivity index is 1.48. The molecule has 4 aromatic carbocycles. The first kappa shape index (κ1) is 33.9. The quantitative estimate of drug-likeness (QED) is 0.141. The van der Waals surface area contributed by atoms with Gasteiger partial charge in [0.15, 0.2) is 0 Å². The molecule has 0 saturated carbocycles. The first-order chi connectivity index (χ1) is 22.4. The molecule has 0 bridgehead atoms. The Kier molecular flexibility index (Phi) is 11.0. The van der Waals surface area contributed by atoms with Gasteiger partial charge >= 0.3 is 17.9 Å². The second kappa shape index (κ2) is 15.3. The number of carbonyl (C=O) groups excluding carboxylic acids is 5. The number of anilines is 1. The van der Waals surface area contributed by atoms with Crippen molar-refractivity contribution in [1.29, 1.82) is 0 Å². The third-order valence-electron chi connectivity index (χ3n) is 6.56. The number of hydrogen-bond acceptors (Lipinski definition) is 8. The molecule has 12 nitrogen and oxygen atoms in total. The van der Waals surface area contributed by atoms with Crippen LogP contribution in [0.1, 0.15) is 52.6 Å². The van der Waals surface area contributed by atoms with Gasteiger partial charge in [0, 0.05) is 21.8 Å². The van der Waals surface area contributed by atoms with E-state index in [1.165, 1.54) is 48.5 Å². The summed E-state index contributed by atoms with van der Waals surface area (Å²) in [6, 6.07) is 24.1. The van der Waals surface area contributed by atoms with Crippen molar-refractivity contribution in [2.24, 2.45) is 0 Å². The summed E-state index contributed by atoms with van der Waals surface area (Å²) in [5, 5.41) is 13.1. The molecule has 3 amide bonds. The summed E-state index contributed by atoms with van der Waals surface area (Å²) in [4.78, 5) is 76.5. The minimum Gasteiger partial charge on any atom is -0.478 e. The van der Waals surface area contributed by atoms with Gasteiger partial charge in [0.05, 0.1) is 11.1 Å². The smallest absolute Gasteiger partial charge is 0.349 e. The molecule has 0 spiro atoms. The van der Waals surface area contributed by atoms with E-state index in [1.54, 1.807) is 62.4 Å². The molecule has 0 aliphatic heterocycles.